The molecule has 3 aromatic rings. The van der Waals surface area contributed by atoms with Crippen LogP contribution < -0.4 is 10.5 Å². The second-order valence-electron chi connectivity index (χ2n) is 5.40. The first-order valence-electron chi connectivity index (χ1n) is 7.41. The third-order valence-electron chi connectivity index (χ3n) is 3.80. The number of ether oxygens (including phenoxy) is 1. The molecule has 0 radical (unpaired) electrons. The van der Waals surface area contributed by atoms with Crippen LogP contribution in [0.1, 0.15) is 11.1 Å². The van der Waals surface area contributed by atoms with E-state index in [9.17, 15) is 5.26 Å². The molecule has 0 spiro atoms. The summed E-state index contributed by atoms with van der Waals surface area (Å²) in [7, 11) is 0. The van der Waals surface area contributed by atoms with E-state index in [0.717, 1.165) is 16.7 Å². The first-order valence-corrected chi connectivity index (χ1v) is 7.79. The molecular formula is C20H15ClN2O. The summed E-state index contributed by atoms with van der Waals surface area (Å²) in [5, 5.41) is 9.94. The maximum absolute atomic E-state index is 9.28. The van der Waals surface area contributed by atoms with Gasteiger partial charge in [0.05, 0.1) is 5.56 Å². The van der Waals surface area contributed by atoms with Crippen LogP contribution >= 0.6 is 11.6 Å². The van der Waals surface area contributed by atoms with E-state index in [0.29, 0.717) is 27.8 Å². The lowest BCUT2D eigenvalue weighted by Gasteiger charge is -2.12. The molecule has 24 heavy (non-hydrogen) atoms. The number of nitrogen functional groups attached to an aromatic ring is 1. The van der Waals surface area contributed by atoms with E-state index in [1.54, 1.807) is 18.2 Å². The van der Waals surface area contributed by atoms with Crippen LogP contribution in [0.5, 0.6) is 11.5 Å². The predicted octanol–water partition coefficient (Wildman–Crippen LogP) is 5.56. The molecule has 118 valence electrons. The third-order valence-corrected chi connectivity index (χ3v) is 4.06. The summed E-state index contributed by atoms with van der Waals surface area (Å²) < 4.78 is 5.87. The molecule has 2 N–H and O–H groups in total. The summed E-state index contributed by atoms with van der Waals surface area (Å²) in [6.45, 7) is 1.90. The van der Waals surface area contributed by atoms with Gasteiger partial charge in [-0.3, -0.25) is 0 Å². The van der Waals surface area contributed by atoms with E-state index < -0.39 is 0 Å². The van der Waals surface area contributed by atoms with Crippen molar-refractivity contribution in [2.45, 2.75) is 6.92 Å². The maximum atomic E-state index is 9.28. The van der Waals surface area contributed by atoms with E-state index in [4.69, 9.17) is 22.1 Å². The van der Waals surface area contributed by atoms with Gasteiger partial charge in [-0.15, -0.1) is 0 Å². The highest BCUT2D eigenvalue weighted by atomic mass is 35.5. The zero-order valence-corrected chi connectivity index (χ0v) is 13.8. The van der Waals surface area contributed by atoms with Gasteiger partial charge in [-0.25, -0.2) is 0 Å². The Kier molecular flexibility index (Phi) is 4.41. The van der Waals surface area contributed by atoms with Crippen LogP contribution in [0.15, 0.2) is 60.7 Å². The summed E-state index contributed by atoms with van der Waals surface area (Å²) >= 11 is 5.89. The Morgan fingerprint density at radius 1 is 1.00 bits per heavy atom. The minimum absolute atomic E-state index is 0.493. The van der Waals surface area contributed by atoms with Gasteiger partial charge in [0.15, 0.2) is 0 Å². The topological polar surface area (TPSA) is 59.0 Å². The molecule has 0 amide bonds. The van der Waals surface area contributed by atoms with E-state index in [1.807, 2.05) is 49.4 Å². The molecule has 0 saturated carbocycles. The Hall–Kier alpha value is -2.96. The van der Waals surface area contributed by atoms with Crippen LogP contribution in [0.3, 0.4) is 0 Å². The van der Waals surface area contributed by atoms with Gasteiger partial charge in [-0.05, 0) is 66.1 Å². The Morgan fingerprint density at radius 2 is 1.75 bits per heavy atom. The highest BCUT2D eigenvalue weighted by Gasteiger charge is 2.10. The Balaban J connectivity index is 1.97. The normalized spacial score (nSPS) is 10.2. The molecule has 0 aromatic heterocycles. The van der Waals surface area contributed by atoms with Gasteiger partial charge in [-0.1, -0.05) is 29.8 Å². The first-order chi connectivity index (χ1) is 11.6. The van der Waals surface area contributed by atoms with Gasteiger partial charge in [0.25, 0.3) is 0 Å². The Labute approximate surface area is 145 Å². The first kappa shape index (κ1) is 15.9. The van der Waals surface area contributed by atoms with Crippen molar-refractivity contribution >= 4 is 17.3 Å². The monoisotopic (exact) mass is 334 g/mol. The number of hydrogen-bond acceptors (Lipinski definition) is 3. The lowest BCUT2D eigenvalue weighted by molar-refractivity contribution is 0.483. The highest BCUT2D eigenvalue weighted by Crippen LogP contribution is 2.32. The van der Waals surface area contributed by atoms with Crippen molar-refractivity contribution in [2.75, 3.05) is 5.73 Å². The molecule has 0 aliphatic heterocycles. The standard InChI is InChI=1S/C20H15ClN2O/c1-13-18(9-10-20(23)19(13)12-22)14-3-2-4-17(11-14)24-16-7-5-15(21)6-8-16/h2-11H,23H2,1H3. The van der Waals surface area contributed by atoms with Gasteiger partial charge >= 0.3 is 0 Å². The zero-order chi connectivity index (χ0) is 17.1. The Bertz CT molecular complexity index is 927. The molecule has 0 saturated heterocycles. The SMILES string of the molecule is Cc1c(-c2cccc(Oc3ccc(Cl)cc3)c2)ccc(N)c1C#N. The predicted molar refractivity (Wildman–Crippen MR) is 97.3 cm³/mol. The third kappa shape index (κ3) is 3.19. The van der Waals surface area contributed by atoms with Gasteiger partial charge in [0.1, 0.15) is 17.6 Å². The van der Waals surface area contributed by atoms with E-state index in [-0.39, 0.29) is 0 Å². The number of hydrogen-bond donors (Lipinski definition) is 1. The summed E-state index contributed by atoms with van der Waals surface area (Å²) in [4.78, 5) is 0. The van der Waals surface area contributed by atoms with Crippen LogP contribution in [-0.2, 0) is 0 Å². The second-order valence-corrected chi connectivity index (χ2v) is 5.83. The van der Waals surface area contributed by atoms with Crippen LogP contribution in [0, 0.1) is 18.3 Å². The lowest BCUT2D eigenvalue weighted by Crippen LogP contribution is -1.95. The van der Waals surface area contributed by atoms with Crippen LogP contribution in [0.2, 0.25) is 5.02 Å². The number of anilines is 1. The number of benzene rings is 3. The average molecular weight is 335 g/mol. The average Bonchev–Trinajstić information content (AvgIpc) is 2.58. The van der Waals surface area contributed by atoms with Crippen molar-refractivity contribution in [2.24, 2.45) is 0 Å². The molecule has 0 fully saturated rings. The van der Waals surface area contributed by atoms with Crippen molar-refractivity contribution in [1.29, 1.82) is 5.26 Å². The number of nitriles is 1. The second kappa shape index (κ2) is 6.66. The molecular weight excluding hydrogens is 320 g/mol. The van der Waals surface area contributed by atoms with E-state index in [1.165, 1.54) is 0 Å². The molecule has 3 rings (SSSR count). The molecule has 3 aromatic carbocycles. The van der Waals surface area contributed by atoms with Crippen LogP contribution in [-0.4, -0.2) is 0 Å². The van der Waals surface area contributed by atoms with E-state index in [2.05, 4.69) is 6.07 Å². The summed E-state index contributed by atoms with van der Waals surface area (Å²) in [6, 6.07) is 20.8. The smallest absolute Gasteiger partial charge is 0.128 e. The minimum Gasteiger partial charge on any atom is -0.457 e. The minimum atomic E-state index is 0.493. The molecule has 0 bridgehead atoms. The molecule has 3 nitrogen and oxygen atoms in total. The fraction of sp³-hybridized carbons (Fsp3) is 0.0500. The van der Waals surface area contributed by atoms with Crippen molar-refractivity contribution in [3.8, 4) is 28.7 Å². The number of halogens is 1. The Morgan fingerprint density at radius 3 is 2.46 bits per heavy atom. The molecule has 0 unspecified atom stereocenters. The van der Waals surface area contributed by atoms with Crippen molar-refractivity contribution in [3.63, 3.8) is 0 Å². The van der Waals surface area contributed by atoms with Gasteiger partial charge < -0.3 is 10.5 Å². The highest BCUT2D eigenvalue weighted by molar-refractivity contribution is 6.30. The number of nitrogens with zero attached hydrogens (tertiary/aromatic N) is 1. The fourth-order valence-electron chi connectivity index (χ4n) is 2.56. The number of nitrogens with two attached hydrogens (primary N) is 1. The maximum Gasteiger partial charge on any atom is 0.128 e. The van der Waals surface area contributed by atoms with Gasteiger partial charge in [0.2, 0.25) is 0 Å². The molecule has 0 aliphatic carbocycles. The van der Waals surface area contributed by atoms with Crippen LogP contribution in [0.4, 0.5) is 5.69 Å². The summed E-state index contributed by atoms with van der Waals surface area (Å²) in [5.74, 6) is 1.42. The molecule has 0 aliphatic rings. The van der Waals surface area contributed by atoms with Crippen molar-refractivity contribution in [1.82, 2.24) is 0 Å². The summed E-state index contributed by atoms with van der Waals surface area (Å²) in [6.07, 6.45) is 0. The quantitative estimate of drug-likeness (QED) is 0.638. The van der Waals surface area contributed by atoms with Gasteiger partial charge in [-0.2, -0.15) is 5.26 Å². The van der Waals surface area contributed by atoms with Crippen molar-refractivity contribution in [3.05, 3.63) is 76.8 Å². The largest absolute Gasteiger partial charge is 0.457 e. The molecule has 0 atom stereocenters. The fourth-order valence-corrected chi connectivity index (χ4v) is 2.69. The summed E-state index contributed by atoms with van der Waals surface area (Å²) in [5.41, 5.74) is 9.66. The zero-order valence-electron chi connectivity index (χ0n) is 13.1. The van der Waals surface area contributed by atoms with Gasteiger partial charge in [0, 0.05) is 10.7 Å². The lowest BCUT2D eigenvalue weighted by atomic mass is 9.95. The molecule has 0 heterocycles. The number of rotatable bonds is 3. The van der Waals surface area contributed by atoms with Crippen molar-refractivity contribution < 1.29 is 4.74 Å². The molecule has 4 heteroatoms. The van der Waals surface area contributed by atoms with Crippen LogP contribution in [0.25, 0.3) is 11.1 Å². The van der Waals surface area contributed by atoms with E-state index >= 15 is 0 Å².